The fourth-order valence-corrected chi connectivity index (χ4v) is 4.29. The van der Waals surface area contributed by atoms with E-state index in [2.05, 4.69) is 26.0 Å². The summed E-state index contributed by atoms with van der Waals surface area (Å²) < 4.78 is 10.5. The second kappa shape index (κ2) is 30.0. The molecule has 0 bridgehead atoms. The first kappa shape index (κ1) is 38.1. The Morgan fingerprint density at radius 2 is 1.27 bits per heavy atom. The summed E-state index contributed by atoms with van der Waals surface area (Å²) >= 11 is 0. The largest absolute Gasteiger partial charge is 0.462 e. The molecule has 0 aromatic heterocycles. The zero-order valence-corrected chi connectivity index (χ0v) is 25.7. The lowest BCUT2D eigenvalue weighted by molar-refractivity contribution is -0.161. The van der Waals surface area contributed by atoms with Crippen molar-refractivity contribution >= 4 is 11.9 Å². The number of rotatable bonds is 28. The average Bonchev–Trinajstić information content (AvgIpc) is 2.95. The minimum absolute atomic E-state index is 0.0869. The van der Waals surface area contributed by atoms with Crippen LogP contribution >= 0.6 is 0 Å². The van der Waals surface area contributed by atoms with Crippen LogP contribution in [0.1, 0.15) is 142 Å². The van der Waals surface area contributed by atoms with E-state index in [1.54, 1.807) is 6.08 Å². The molecule has 0 fully saturated rings. The van der Waals surface area contributed by atoms with Gasteiger partial charge in [0.15, 0.2) is 6.10 Å². The van der Waals surface area contributed by atoms with Gasteiger partial charge in [0.05, 0.1) is 12.7 Å². The van der Waals surface area contributed by atoms with Crippen molar-refractivity contribution < 1.29 is 29.3 Å². The lowest BCUT2D eigenvalue weighted by atomic mass is 10.1. The molecule has 0 amide bonds. The number of unbranched alkanes of at least 4 members (excludes halogenated alkanes) is 14. The summed E-state index contributed by atoms with van der Waals surface area (Å²) in [6, 6.07) is 0. The second-order valence-electron chi connectivity index (χ2n) is 10.7. The van der Waals surface area contributed by atoms with E-state index in [0.717, 1.165) is 64.2 Å². The van der Waals surface area contributed by atoms with Crippen molar-refractivity contribution in [2.75, 3.05) is 13.2 Å². The van der Waals surface area contributed by atoms with E-state index in [1.807, 2.05) is 18.2 Å². The number of allylic oxidation sites excluding steroid dienone is 4. The normalized spacial score (nSPS) is 13.4. The van der Waals surface area contributed by atoms with E-state index in [4.69, 9.17) is 9.47 Å². The molecule has 40 heavy (non-hydrogen) atoms. The van der Waals surface area contributed by atoms with Crippen LogP contribution in [0.4, 0.5) is 0 Å². The van der Waals surface area contributed by atoms with Crippen molar-refractivity contribution in [2.45, 2.75) is 154 Å². The van der Waals surface area contributed by atoms with Crippen LogP contribution in [0, 0.1) is 0 Å². The van der Waals surface area contributed by atoms with Crippen molar-refractivity contribution in [1.82, 2.24) is 0 Å². The third kappa shape index (κ3) is 27.6. The number of ether oxygens (including phenoxy) is 2. The van der Waals surface area contributed by atoms with Crippen LogP contribution in [-0.4, -0.2) is 47.6 Å². The minimum Gasteiger partial charge on any atom is -0.462 e. The van der Waals surface area contributed by atoms with Gasteiger partial charge < -0.3 is 19.7 Å². The van der Waals surface area contributed by atoms with Crippen molar-refractivity contribution in [3.05, 3.63) is 36.5 Å². The first-order valence-corrected chi connectivity index (χ1v) is 16.2. The van der Waals surface area contributed by atoms with E-state index in [-0.39, 0.29) is 25.2 Å². The third-order valence-electron chi connectivity index (χ3n) is 6.78. The van der Waals surface area contributed by atoms with Crippen molar-refractivity contribution in [3.63, 3.8) is 0 Å². The van der Waals surface area contributed by atoms with Gasteiger partial charge in [0.25, 0.3) is 0 Å². The molecule has 0 spiro atoms. The highest BCUT2D eigenvalue weighted by Gasteiger charge is 2.16. The Bertz CT molecular complexity index is 669. The maximum absolute atomic E-state index is 12.1. The summed E-state index contributed by atoms with van der Waals surface area (Å²) in [6.45, 7) is 3.87. The van der Waals surface area contributed by atoms with Gasteiger partial charge >= 0.3 is 11.9 Å². The number of hydrogen-bond donors (Lipinski definition) is 2. The predicted octanol–water partition coefficient (Wildman–Crippen LogP) is 8.31. The van der Waals surface area contributed by atoms with E-state index in [1.165, 1.54) is 44.9 Å². The SMILES string of the molecule is CC/C=C/CC(O)/C=C/C=C/CCCCCCCC(=O)O[C@@H](CO)COC(=O)CCCCCCCCCCCC. The van der Waals surface area contributed by atoms with Gasteiger partial charge in [-0.1, -0.05) is 127 Å². The van der Waals surface area contributed by atoms with Crippen LogP contribution in [0.5, 0.6) is 0 Å². The van der Waals surface area contributed by atoms with Crippen LogP contribution in [0.25, 0.3) is 0 Å². The van der Waals surface area contributed by atoms with Gasteiger partial charge in [-0.15, -0.1) is 0 Å². The molecule has 0 aliphatic carbocycles. The molecule has 0 radical (unpaired) electrons. The molecule has 0 aromatic rings. The number of esters is 2. The zero-order chi connectivity index (χ0) is 29.5. The monoisotopic (exact) mass is 564 g/mol. The summed E-state index contributed by atoms with van der Waals surface area (Å²) in [7, 11) is 0. The topological polar surface area (TPSA) is 93.1 Å². The Kier molecular flexibility index (Phi) is 28.6. The molecule has 0 saturated carbocycles. The maximum Gasteiger partial charge on any atom is 0.306 e. The Morgan fingerprint density at radius 1 is 0.700 bits per heavy atom. The van der Waals surface area contributed by atoms with E-state index < -0.39 is 12.2 Å². The van der Waals surface area contributed by atoms with Crippen molar-refractivity contribution in [2.24, 2.45) is 0 Å². The first-order chi connectivity index (χ1) is 19.5. The standard InChI is InChI=1S/C34H60O6/c1-3-5-7-8-9-10-13-16-19-23-27-33(37)39-30-32(29-35)40-34(38)28-24-20-17-14-11-12-15-18-22-26-31(36)25-21-6-4-2/h6,15,18,21-22,26,31-32,35-36H,3-5,7-14,16-17,19-20,23-25,27-30H2,1-2H3/b18-15+,21-6+,26-22+/t31?,32-/m0/s1. The molecule has 232 valence electrons. The fourth-order valence-electron chi connectivity index (χ4n) is 4.29. The Labute approximate surface area is 245 Å². The van der Waals surface area contributed by atoms with Gasteiger partial charge in [0, 0.05) is 12.8 Å². The van der Waals surface area contributed by atoms with Gasteiger partial charge in [-0.3, -0.25) is 9.59 Å². The summed E-state index contributed by atoms with van der Waals surface area (Å²) in [5.41, 5.74) is 0. The quantitative estimate of drug-likeness (QED) is 0.0430. The highest BCUT2D eigenvalue weighted by Crippen LogP contribution is 2.12. The summed E-state index contributed by atoms with van der Waals surface area (Å²) in [6.07, 6.45) is 31.0. The number of carbonyl (C=O) groups is 2. The number of aliphatic hydroxyl groups is 2. The molecule has 0 heterocycles. The van der Waals surface area contributed by atoms with Crippen molar-refractivity contribution in [1.29, 1.82) is 0 Å². The average molecular weight is 565 g/mol. The molecule has 2 N–H and O–H groups in total. The summed E-state index contributed by atoms with van der Waals surface area (Å²) in [5.74, 6) is -0.649. The number of aliphatic hydroxyl groups excluding tert-OH is 2. The van der Waals surface area contributed by atoms with Crippen LogP contribution in [-0.2, 0) is 19.1 Å². The van der Waals surface area contributed by atoms with Gasteiger partial charge in [0.1, 0.15) is 6.61 Å². The molecule has 6 heteroatoms. The third-order valence-corrected chi connectivity index (χ3v) is 6.78. The van der Waals surface area contributed by atoms with Crippen LogP contribution in [0.2, 0.25) is 0 Å². The second-order valence-corrected chi connectivity index (χ2v) is 10.7. The summed E-state index contributed by atoms with van der Waals surface area (Å²) in [5, 5.41) is 19.3. The molecule has 0 aromatic carbocycles. The highest BCUT2D eigenvalue weighted by molar-refractivity contribution is 5.70. The molecule has 6 nitrogen and oxygen atoms in total. The molecule has 2 atom stereocenters. The smallest absolute Gasteiger partial charge is 0.306 e. The van der Waals surface area contributed by atoms with Gasteiger partial charge in [0.2, 0.25) is 0 Å². The molecular weight excluding hydrogens is 504 g/mol. The zero-order valence-electron chi connectivity index (χ0n) is 25.7. The summed E-state index contributed by atoms with van der Waals surface area (Å²) in [4.78, 5) is 24.0. The van der Waals surface area contributed by atoms with E-state index >= 15 is 0 Å². The van der Waals surface area contributed by atoms with Crippen molar-refractivity contribution in [3.8, 4) is 0 Å². The highest BCUT2D eigenvalue weighted by atomic mass is 16.6. The van der Waals surface area contributed by atoms with Crippen LogP contribution in [0.3, 0.4) is 0 Å². The van der Waals surface area contributed by atoms with Gasteiger partial charge in [-0.2, -0.15) is 0 Å². The molecular formula is C34H60O6. The molecule has 0 saturated heterocycles. The lowest BCUT2D eigenvalue weighted by Gasteiger charge is -2.15. The van der Waals surface area contributed by atoms with Crippen LogP contribution < -0.4 is 0 Å². The molecule has 0 aliphatic heterocycles. The van der Waals surface area contributed by atoms with Crippen LogP contribution in [0.15, 0.2) is 36.5 Å². The molecule has 1 unspecified atom stereocenters. The number of carbonyl (C=O) groups excluding carboxylic acids is 2. The predicted molar refractivity (Wildman–Crippen MR) is 165 cm³/mol. The fraction of sp³-hybridized carbons (Fsp3) is 0.765. The first-order valence-electron chi connectivity index (χ1n) is 16.2. The number of hydrogen-bond acceptors (Lipinski definition) is 6. The van der Waals surface area contributed by atoms with Gasteiger partial charge in [-0.05, 0) is 38.5 Å². The Balaban J connectivity index is 3.69. The Morgan fingerprint density at radius 3 is 1.88 bits per heavy atom. The van der Waals surface area contributed by atoms with Gasteiger partial charge in [-0.25, -0.2) is 0 Å². The molecule has 0 aliphatic rings. The minimum atomic E-state index is -0.793. The molecule has 0 rings (SSSR count). The van der Waals surface area contributed by atoms with E-state index in [9.17, 15) is 19.8 Å². The Hall–Kier alpha value is -1.92. The lowest BCUT2D eigenvalue weighted by Crippen LogP contribution is -2.28. The maximum atomic E-state index is 12.1. The van der Waals surface area contributed by atoms with E-state index in [0.29, 0.717) is 19.3 Å².